The van der Waals surface area contributed by atoms with Gasteiger partial charge in [-0.3, -0.25) is 0 Å². The van der Waals surface area contributed by atoms with E-state index in [0.29, 0.717) is 39.5 Å². The first-order chi connectivity index (χ1) is 9.79. The van der Waals surface area contributed by atoms with E-state index in [1.807, 2.05) is 0 Å². The average molecular weight is 292 g/mol. The van der Waals surface area contributed by atoms with E-state index >= 15 is 0 Å². The van der Waals surface area contributed by atoms with Crippen LogP contribution in [0.25, 0.3) is 0 Å². The maximum absolute atomic E-state index is 5.83. The molecule has 0 aromatic heterocycles. The van der Waals surface area contributed by atoms with Gasteiger partial charge in [0, 0.05) is 27.2 Å². The molecular formula is C14H28O6. The Hall–Kier alpha value is -0.240. The van der Waals surface area contributed by atoms with E-state index in [1.165, 1.54) is 0 Å². The lowest BCUT2D eigenvalue weighted by Crippen LogP contribution is -2.27. The second kappa shape index (κ2) is 10.5. The van der Waals surface area contributed by atoms with Crippen molar-refractivity contribution in [3.63, 3.8) is 0 Å². The third-order valence-corrected chi connectivity index (χ3v) is 3.04. The molecule has 6 heteroatoms. The Morgan fingerprint density at radius 1 is 0.900 bits per heavy atom. The van der Waals surface area contributed by atoms with Crippen LogP contribution in [0.3, 0.4) is 0 Å². The van der Waals surface area contributed by atoms with Gasteiger partial charge in [0.15, 0.2) is 6.10 Å². The lowest BCUT2D eigenvalue weighted by Gasteiger charge is -2.19. The number of rotatable bonds is 14. The van der Waals surface area contributed by atoms with Crippen LogP contribution in [0.1, 0.15) is 32.6 Å². The van der Waals surface area contributed by atoms with Crippen molar-refractivity contribution in [2.75, 3.05) is 47.3 Å². The highest BCUT2D eigenvalue weighted by atomic mass is 17.2. The zero-order chi connectivity index (χ0) is 14.7. The minimum absolute atomic E-state index is 0.154. The van der Waals surface area contributed by atoms with Gasteiger partial charge in [-0.15, -0.1) is 0 Å². The largest absolute Gasteiger partial charge is 0.385 e. The van der Waals surface area contributed by atoms with Crippen LogP contribution in [0.15, 0.2) is 0 Å². The summed E-state index contributed by atoms with van der Waals surface area (Å²) < 4.78 is 21.5. The van der Waals surface area contributed by atoms with Gasteiger partial charge >= 0.3 is 0 Å². The molecule has 0 heterocycles. The van der Waals surface area contributed by atoms with E-state index in [2.05, 4.69) is 6.92 Å². The molecule has 0 spiro atoms. The maximum atomic E-state index is 5.83. The predicted molar refractivity (Wildman–Crippen MR) is 73.4 cm³/mol. The molecule has 1 aliphatic carbocycles. The van der Waals surface area contributed by atoms with Gasteiger partial charge in [-0.2, -0.15) is 0 Å². The van der Waals surface area contributed by atoms with Crippen LogP contribution < -0.4 is 0 Å². The van der Waals surface area contributed by atoms with Crippen LogP contribution in [0.4, 0.5) is 0 Å². The molecule has 0 bridgehead atoms. The summed E-state index contributed by atoms with van der Waals surface area (Å²) in [5, 5.41) is 0. The number of hydrogen-bond donors (Lipinski definition) is 0. The van der Waals surface area contributed by atoms with Crippen LogP contribution in [-0.2, 0) is 28.7 Å². The molecule has 0 aromatic rings. The third kappa shape index (κ3) is 6.47. The molecule has 0 amide bonds. The quantitative estimate of drug-likeness (QED) is 0.211. The highest BCUT2D eigenvalue weighted by Crippen LogP contribution is 2.44. The van der Waals surface area contributed by atoms with Crippen LogP contribution in [-0.4, -0.2) is 59.1 Å². The third-order valence-electron chi connectivity index (χ3n) is 3.04. The van der Waals surface area contributed by atoms with Gasteiger partial charge in [0.1, 0.15) is 6.61 Å². The van der Waals surface area contributed by atoms with Gasteiger partial charge in [-0.1, -0.05) is 13.3 Å². The van der Waals surface area contributed by atoms with Crippen molar-refractivity contribution in [2.45, 2.75) is 44.5 Å². The molecule has 0 aliphatic heterocycles. The van der Waals surface area contributed by atoms with Crippen LogP contribution in [0, 0.1) is 0 Å². The van der Waals surface area contributed by atoms with Crippen molar-refractivity contribution in [1.29, 1.82) is 0 Å². The van der Waals surface area contributed by atoms with Crippen LogP contribution in [0.2, 0.25) is 0 Å². The van der Waals surface area contributed by atoms with Crippen molar-refractivity contribution in [3.8, 4) is 0 Å². The summed E-state index contributed by atoms with van der Waals surface area (Å²) in [7, 11) is 3.30. The summed E-state index contributed by atoms with van der Waals surface area (Å²) in [5.41, 5.74) is 0. The zero-order valence-corrected chi connectivity index (χ0v) is 12.9. The molecule has 2 unspecified atom stereocenters. The van der Waals surface area contributed by atoms with E-state index in [4.69, 9.17) is 28.7 Å². The molecule has 0 radical (unpaired) electrons. The molecule has 1 saturated carbocycles. The average Bonchev–Trinajstić information content (AvgIpc) is 3.14. The van der Waals surface area contributed by atoms with E-state index in [9.17, 15) is 0 Å². The Kier molecular flexibility index (Phi) is 9.33. The van der Waals surface area contributed by atoms with Crippen LogP contribution >= 0.6 is 0 Å². The van der Waals surface area contributed by atoms with Crippen molar-refractivity contribution in [2.24, 2.45) is 0 Å². The Balaban J connectivity index is 2.23. The summed E-state index contributed by atoms with van der Waals surface area (Å²) >= 11 is 0. The summed E-state index contributed by atoms with van der Waals surface area (Å²) in [6, 6.07) is 0. The first-order valence-corrected chi connectivity index (χ1v) is 7.33. The smallest absolute Gasteiger partial charge is 0.200 e. The summed E-state index contributed by atoms with van der Waals surface area (Å²) in [6.45, 7) is 4.99. The molecule has 1 aliphatic rings. The van der Waals surface area contributed by atoms with Gasteiger partial charge in [-0.05, 0) is 12.8 Å². The fraction of sp³-hybridized carbons (Fsp3) is 1.00. The number of methoxy groups -OCH3 is 2. The molecule has 0 aromatic carbocycles. The SMILES string of the molecule is CCCCOC1(OCCCOC)CC1OOCCOC. The predicted octanol–water partition coefficient (Wildman–Crippen LogP) is 1.92. The van der Waals surface area contributed by atoms with Gasteiger partial charge < -0.3 is 18.9 Å². The minimum Gasteiger partial charge on any atom is -0.385 e. The van der Waals surface area contributed by atoms with Gasteiger partial charge in [-0.25, -0.2) is 9.78 Å². The Bertz CT molecular complexity index is 238. The fourth-order valence-electron chi connectivity index (χ4n) is 1.74. The van der Waals surface area contributed by atoms with Crippen LogP contribution in [0.5, 0.6) is 0 Å². The van der Waals surface area contributed by atoms with Crippen molar-refractivity contribution in [3.05, 3.63) is 0 Å². The highest BCUT2D eigenvalue weighted by Gasteiger charge is 2.60. The molecule has 0 saturated heterocycles. The van der Waals surface area contributed by atoms with Gasteiger partial charge in [0.05, 0.1) is 19.8 Å². The Labute approximate surface area is 121 Å². The first kappa shape index (κ1) is 17.8. The minimum atomic E-state index is -0.629. The van der Waals surface area contributed by atoms with Crippen molar-refractivity contribution in [1.82, 2.24) is 0 Å². The molecule has 1 rings (SSSR count). The standard InChI is InChI=1S/C14H28O6/c1-4-5-8-17-14(18-9-6-7-15-2)12-13(14)20-19-11-10-16-3/h13H,4-12H2,1-3H3. The topological polar surface area (TPSA) is 55.4 Å². The summed E-state index contributed by atoms with van der Waals surface area (Å²) in [5.74, 6) is -0.629. The van der Waals surface area contributed by atoms with E-state index < -0.39 is 5.79 Å². The summed E-state index contributed by atoms with van der Waals surface area (Å²) in [6.07, 6.45) is 3.50. The highest BCUT2D eigenvalue weighted by molar-refractivity contribution is 4.99. The Morgan fingerprint density at radius 2 is 1.60 bits per heavy atom. The Morgan fingerprint density at radius 3 is 2.25 bits per heavy atom. The first-order valence-electron chi connectivity index (χ1n) is 7.33. The number of unbranched alkanes of at least 4 members (excludes halogenated alkanes) is 1. The molecule has 2 atom stereocenters. The summed E-state index contributed by atoms with van der Waals surface area (Å²) in [4.78, 5) is 10.4. The maximum Gasteiger partial charge on any atom is 0.200 e. The molecule has 6 nitrogen and oxygen atoms in total. The van der Waals surface area contributed by atoms with Crippen molar-refractivity contribution >= 4 is 0 Å². The molecule has 1 fully saturated rings. The molecule has 120 valence electrons. The fourth-order valence-corrected chi connectivity index (χ4v) is 1.74. The lowest BCUT2D eigenvalue weighted by molar-refractivity contribution is -0.334. The van der Waals surface area contributed by atoms with E-state index in [0.717, 1.165) is 19.3 Å². The van der Waals surface area contributed by atoms with E-state index in [-0.39, 0.29) is 6.10 Å². The molecular weight excluding hydrogens is 264 g/mol. The van der Waals surface area contributed by atoms with Crippen molar-refractivity contribution < 1.29 is 28.7 Å². The molecule has 0 N–H and O–H groups in total. The van der Waals surface area contributed by atoms with Gasteiger partial charge in [0.25, 0.3) is 0 Å². The second-order valence-corrected chi connectivity index (χ2v) is 4.81. The normalized spacial score (nSPS) is 25.1. The van der Waals surface area contributed by atoms with Gasteiger partial charge in [0.2, 0.25) is 5.79 Å². The monoisotopic (exact) mass is 292 g/mol. The number of hydrogen-bond acceptors (Lipinski definition) is 6. The number of ether oxygens (including phenoxy) is 4. The molecule has 20 heavy (non-hydrogen) atoms. The second-order valence-electron chi connectivity index (χ2n) is 4.81. The van der Waals surface area contributed by atoms with E-state index in [1.54, 1.807) is 14.2 Å². The lowest BCUT2D eigenvalue weighted by atomic mass is 10.4. The zero-order valence-electron chi connectivity index (χ0n) is 12.9.